The fourth-order valence-corrected chi connectivity index (χ4v) is 3.91. The first-order valence-corrected chi connectivity index (χ1v) is 8.72. The van der Waals surface area contributed by atoms with Crippen molar-refractivity contribution in [1.29, 1.82) is 0 Å². The molecule has 0 saturated carbocycles. The summed E-state index contributed by atoms with van der Waals surface area (Å²) in [5.74, 6) is 1.28. The first kappa shape index (κ1) is 15.4. The molecule has 0 unspecified atom stereocenters. The summed E-state index contributed by atoms with van der Waals surface area (Å²) in [4.78, 5) is 21.9. The smallest absolute Gasteiger partial charge is 0.244 e. The minimum atomic E-state index is -0.123. The maximum absolute atomic E-state index is 13.0. The third-order valence-corrected chi connectivity index (χ3v) is 5.55. The SMILES string of the molecule is Cc1nc2n(c1C)CCN([C@H](C)C(=O)N1CCc3ccccc31)C2. The number of carbonyl (C=O) groups excluding carboxylic acids is 1. The van der Waals surface area contributed by atoms with Gasteiger partial charge in [0, 0.05) is 31.0 Å². The molecule has 2 aliphatic heterocycles. The summed E-state index contributed by atoms with van der Waals surface area (Å²) in [5.41, 5.74) is 4.70. The van der Waals surface area contributed by atoms with E-state index < -0.39 is 0 Å². The van der Waals surface area contributed by atoms with Crippen molar-refractivity contribution < 1.29 is 4.79 Å². The van der Waals surface area contributed by atoms with Crippen molar-refractivity contribution in [3.05, 3.63) is 47.0 Å². The van der Waals surface area contributed by atoms with Crippen molar-refractivity contribution in [2.75, 3.05) is 18.0 Å². The van der Waals surface area contributed by atoms with E-state index in [0.717, 1.165) is 49.8 Å². The summed E-state index contributed by atoms with van der Waals surface area (Å²) in [5, 5.41) is 0. The van der Waals surface area contributed by atoms with E-state index in [0.29, 0.717) is 0 Å². The van der Waals surface area contributed by atoms with Gasteiger partial charge < -0.3 is 9.47 Å². The first-order chi connectivity index (χ1) is 11.6. The molecule has 2 aliphatic rings. The van der Waals surface area contributed by atoms with Gasteiger partial charge in [0.15, 0.2) is 0 Å². The number of fused-ring (bicyclic) bond motifs is 2. The molecule has 1 amide bonds. The molecular formula is C19H24N4O. The lowest BCUT2D eigenvalue weighted by atomic mass is 10.1. The highest BCUT2D eigenvalue weighted by molar-refractivity contribution is 5.98. The Kier molecular flexibility index (Phi) is 3.68. The maximum atomic E-state index is 13.0. The Morgan fingerprint density at radius 1 is 1.17 bits per heavy atom. The van der Waals surface area contributed by atoms with E-state index in [2.05, 4.69) is 40.4 Å². The zero-order chi connectivity index (χ0) is 16.8. The second kappa shape index (κ2) is 5.74. The first-order valence-electron chi connectivity index (χ1n) is 8.72. The molecule has 0 spiro atoms. The lowest BCUT2D eigenvalue weighted by molar-refractivity contribution is -0.123. The van der Waals surface area contributed by atoms with Crippen molar-refractivity contribution in [3.8, 4) is 0 Å². The Balaban J connectivity index is 1.52. The molecule has 126 valence electrons. The zero-order valence-corrected chi connectivity index (χ0v) is 14.6. The van der Waals surface area contributed by atoms with Crippen molar-refractivity contribution in [1.82, 2.24) is 14.5 Å². The summed E-state index contributed by atoms with van der Waals surface area (Å²) >= 11 is 0. The Labute approximate surface area is 142 Å². The van der Waals surface area contributed by atoms with Crippen LogP contribution in [-0.4, -0.2) is 39.5 Å². The van der Waals surface area contributed by atoms with E-state index in [1.165, 1.54) is 11.3 Å². The van der Waals surface area contributed by atoms with E-state index in [1.54, 1.807) is 0 Å². The average Bonchev–Trinajstić information content (AvgIpc) is 3.15. The van der Waals surface area contributed by atoms with Crippen LogP contribution >= 0.6 is 0 Å². The molecule has 1 aromatic carbocycles. The lowest BCUT2D eigenvalue weighted by Crippen LogP contribution is -2.49. The van der Waals surface area contributed by atoms with Gasteiger partial charge >= 0.3 is 0 Å². The molecule has 0 bridgehead atoms. The Morgan fingerprint density at radius 3 is 2.79 bits per heavy atom. The highest BCUT2D eigenvalue weighted by atomic mass is 16.2. The molecule has 5 nitrogen and oxygen atoms in total. The van der Waals surface area contributed by atoms with Crippen molar-refractivity contribution in [2.24, 2.45) is 0 Å². The number of imidazole rings is 1. The van der Waals surface area contributed by atoms with Gasteiger partial charge in [-0.25, -0.2) is 4.98 Å². The van der Waals surface area contributed by atoms with Gasteiger partial charge in [-0.2, -0.15) is 0 Å². The number of rotatable bonds is 2. The van der Waals surface area contributed by atoms with E-state index in [4.69, 9.17) is 0 Å². The minimum absolute atomic E-state index is 0.123. The Morgan fingerprint density at radius 2 is 1.96 bits per heavy atom. The zero-order valence-electron chi connectivity index (χ0n) is 14.6. The second-order valence-corrected chi connectivity index (χ2v) is 6.87. The molecule has 4 rings (SSSR count). The van der Waals surface area contributed by atoms with Crippen LogP contribution in [0.2, 0.25) is 0 Å². The number of hydrogen-bond donors (Lipinski definition) is 0. The molecule has 1 atom stereocenters. The van der Waals surface area contributed by atoms with Gasteiger partial charge in [-0.05, 0) is 38.8 Å². The van der Waals surface area contributed by atoms with Crippen LogP contribution < -0.4 is 4.90 Å². The van der Waals surface area contributed by atoms with Crippen molar-refractivity contribution in [3.63, 3.8) is 0 Å². The van der Waals surface area contributed by atoms with Gasteiger partial charge in [0.1, 0.15) is 5.82 Å². The monoisotopic (exact) mass is 324 g/mol. The number of aryl methyl sites for hydroxylation is 1. The maximum Gasteiger partial charge on any atom is 0.244 e. The molecule has 3 heterocycles. The van der Waals surface area contributed by atoms with Gasteiger partial charge in [0.2, 0.25) is 5.91 Å². The van der Waals surface area contributed by atoms with Gasteiger partial charge in [-0.15, -0.1) is 0 Å². The molecule has 0 N–H and O–H groups in total. The Hall–Kier alpha value is -2.14. The summed E-state index contributed by atoms with van der Waals surface area (Å²) in [6, 6.07) is 8.12. The van der Waals surface area contributed by atoms with Crippen LogP contribution in [0.4, 0.5) is 5.69 Å². The quantitative estimate of drug-likeness (QED) is 0.851. The Bertz CT molecular complexity index is 795. The van der Waals surface area contributed by atoms with Crippen LogP contribution in [0.1, 0.15) is 29.7 Å². The highest BCUT2D eigenvalue weighted by Gasteiger charge is 2.33. The molecular weight excluding hydrogens is 300 g/mol. The van der Waals surface area contributed by atoms with E-state index in [-0.39, 0.29) is 11.9 Å². The fraction of sp³-hybridized carbons (Fsp3) is 0.474. The van der Waals surface area contributed by atoms with E-state index >= 15 is 0 Å². The number of carbonyl (C=O) groups is 1. The molecule has 0 aliphatic carbocycles. The predicted octanol–water partition coefficient (Wildman–Crippen LogP) is 2.29. The molecule has 0 radical (unpaired) electrons. The summed E-state index contributed by atoms with van der Waals surface area (Å²) in [6.45, 7) is 9.56. The van der Waals surface area contributed by atoms with Crippen LogP contribution in [0, 0.1) is 13.8 Å². The predicted molar refractivity (Wildman–Crippen MR) is 94.1 cm³/mol. The summed E-state index contributed by atoms with van der Waals surface area (Å²) < 4.78 is 2.29. The number of amides is 1. The second-order valence-electron chi connectivity index (χ2n) is 6.87. The van der Waals surface area contributed by atoms with Gasteiger partial charge in [-0.3, -0.25) is 9.69 Å². The van der Waals surface area contributed by atoms with Crippen molar-refractivity contribution >= 4 is 11.6 Å². The van der Waals surface area contributed by atoms with Gasteiger partial charge in [0.05, 0.1) is 18.3 Å². The minimum Gasteiger partial charge on any atom is -0.330 e. The van der Waals surface area contributed by atoms with E-state index in [1.807, 2.05) is 24.0 Å². The van der Waals surface area contributed by atoms with Crippen molar-refractivity contribution in [2.45, 2.75) is 46.3 Å². The average molecular weight is 324 g/mol. The van der Waals surface area contributed by atoms with Crippen LogP contribution in [0.25, 0.3) is 0 Å². The number of aromatic nitrogens is 2. The molecule has 0 fully saturated rings. The largest absolute Gasteiger partial charge is 0.330 e. The molecule has 24 heavy (non-hydrogen) atoms. The number of benzene rings is 1. The third kappa shape index (κ3) is 2.35. The molecule has 5 heteroatoms. The fourth-order valence-electron chi connectivity index (χ4n) is 3.91. The van der Waals surface area contributed by atoms with Crippen LogP contribution in [0.15, 0.2) is 24.3 Å². The van der Waals surface area contributed by atoms with Crippen LogP contribution in [0.5, 0.6) is 0 Å². The molecule has 2 aromatic rings. The van der Waals surface area contributed by atoms with E-state index in [9.17, 15) is 4.79 Å². The third-order valence-electron chi connectivity index (χ3n) is 5.55. The van der Waals surface area contributed by atoms with Crippen LogP contribution in [-0.2, 0) is 24.3 Å². The topological polar surface area (TPSA) is 41.4 Å². The molecule has 0 saturated heterocycles. The number of hydrogen-bond acceptors (Lipinski definition) is 3. The number of para-hydroxylation sites is 1. The van der Waals surface area contributed by atoms with Gasteiger partial charge in [-0.1, -0.05) is 18.2 Å². The van der Waals surface area contributed by atoms with Gasteiger partial charge in [0.25, 0.3) is 0 Å². The highest BCUT2D eigenvalue weighted by Crippen LogP contribution is 2.29. The number of nitrogens with zero attached hydrogens (tertiary/aromatic N) is 4. The lowest BCUT2D eigenvalue weighted by Gasteiger charge is -2.34. The standard InChI is InChI=1S/C19H24N4O/c1-13-14(2)22-11-10-21(12-18(22)20-13)15(3)19(24)23-9-8-16-6-4-5-7-17(16)23/h4-7,15H,8-12H2,1-3H3/t15-/m1/s1. The molecule has 1 aromatic heterocycles. The summed E-state index contributed by atoms with van der Waals surface area (Å²) in [7, 11) is 0. The normalized spacial score (nSPS) is 18.4. The van der Waals surface area contributed by atoms with Crippen LogP contribution in [0.3, 0.4) is 0 Å². The summed E-state index contributed by atoms with van der Waals surface area (Å²) in [6.07, 6.45) is 0.956. The number of anilines is 1.